The normalized spacial score (nSPS) is 21.2. The molecular weight excluding hydrogens is 282 g/mol. The first kappa shape index (κ1) is 15.0. The standard InChI is InChI=1S/C16H21N3O3/c1-2-19-14(20)11-18(12-16(19)6-9-22-10-7-16)15(21)13-5-3-4-8-17-13/h3-5,8H,2,6-7,9-12H2,1H3. The van der Waals surface area contributed by atoms with Gasteiger partial charge in [-0.25, -0.2) is 0 Å². The number of hydrogen-bond donors (Lipinski definition) is 0. The van der Waals surface area contributed by atoms with Gasteiger partial charge >= 0.3 is 0 Å². The molecule has 1 aromatic heterocycles. The average Bonchev–Trinajstić information content (AvgIpc) is 2.55. The van der Waals surface area contributed by atoms with Crippen LogP contribution >= 0.6 is 0 Å². The van der Waals surface area contributed by atoms with Gasteiger partial charge in [-0.05, 0) is 31.9 Å². The number of piperazine rings is 1. The average molecular weight is 303 g/mol. The second-order valence-corrected chi connectivity index (χ2v) is 5.85. The summed E-state index contributed by atoms with van der Waals surface area (Å²) in [7, 11) is 0. The number of ether oxygens (including phenoxy) is 1. The summed E-state index contributed by atoms with van der Waals surface area (Å²) in [5.74, 6) is -0.157. The zero-order valence-electron chi connectivity index (χ0n) is 12.8. The van der Waals surface area contributed by atoms with E-state index in [0.717, 1.165) is 12.8 Å². The van der Waals surface area contributed by atoms with Crippen molar-refractivity contribution in [1.82, 2.24) is 14.8 Å². The minimum Gasteiger partial charge on any atom is -0.381 e. The summed E-state index contributed by atoms with van der Waals surface area (Å²) in [6, 6.07) is 5.25. The van der Waals surface area contributed by atoms with Gasteiger partial charge < -0.3 is 14.5 Å². The molecule has 118 valence electrons. The maximum atomic E-state index is 12.6. The van der Waals surface area contributed by atoms with Gasteiger partial charge in [-0.1, -0.05) is 6.07 Å². The van der Waals surface area contributed by atoms with Crippen molar-refractivity contribution in [2.75, 3.05) is 32.8 Å². The van der Waals surface area contributed by atoms with E-state index in [-0.39, 0.29) is 23.9 Å². The molecule has 0 bridgehead atoms. The first-order valence-electron chi connectivity index (χ1n) is 7.75. The van der Waals surface area contributed by atoms with Crippen LogP contribution in [0.2, 0.25) is 0 Å². The van der Waals surface area contributed by atoms with E-state index in [2.05, 4.69) is 4.98 Å². The first-order valence-corrected chi connectivity index (χ1v) is 7.75. The Morgan fingerprint density at radius 2 is 2.14 bits per heavy atom. The van der Waals surface area contributed by atoms with Crippen LogP contribution in [0.3, 0.4) is 0 Å². The van der Waals surface area contributed by atoms with Gasteiger partial charge in [0.2, 0.25) is 5.91 Å². The Labute approximate surface area is 130 Å². The topological polar surface area (TPSA) is 62.7 Å². The number of hydrogen-bond acceptors (Lipinski definition) is 4. The summed E-state index contributed by atoms with van der Waals surface area (Å²) in [6.07, 6.45) is 3.15. The number of carbonyl (C=O) groups is 2. The molecule has 0 saturated carbocycles. The Balaban J connectivity index is 1.85. The van der Waals surface area contributed by atoms with Crippen LogP contribution in [0, 0.1) is 0 Å². The zero-order chi connectivity index (χ0) is 15.6. The molecule has 0 radical (unpaired) electrons. The van der Waals surface area contributed by atoms with Crippen LogP contribution in [-0.4, -0.2) is 65.0 Å². The van der Waals surface area contributed by atoms with Crippen molar-refractivity contribution in [1.29, 1.82) is 0 Å². The van der Waals surface area contributed by atoms with E-state index in [1.165, 1.54) is 0 Å². The molecule has 6 heteroatoms. The number of nitrogens with zero attached hydrogens (tertiary/aromatic N) is 3. The van der Waals surface area contributed by atoms with Crippen molar-refractivity contribution in [2.24, 2.45) is 0 Å². The minimum atomic E-state index is -0.285. The van der Waals surface area contributed by atoms with Gasteiger partial charge in [0.05, 0.1) is 5.54 Å². The van der Waals surface area contributed by atoms with Crippen LogP contribution < -0.4 is 0 Å². The fourth-order valence-corrected chi connectivity index (χ4v) is 3.50. The summed E-state index contributed by atoms with van der Waals surface area (Å²) < 4.78 is 5.45. The predicted molar refractivity (Wildman–Crippen MR) is 80.3 cm³/mol. The molecule has 0 N–H and O–H groups in total. The van der Waals surface area contributed by atoms with Crippen LogP contribution in [0.5, 0.6) is 0 Å². The first-order chi connectivity index (χ1) is 10.7. The molecule has 1 spiro atoms. The van der Waals surface area contributed by atoms with Crippen LogP contribution in [0.25, 0.3) is 0 Å². The van der Waals surface area contributed by atoms with E-state index in [1.54, 1.807) is 29.3 Å². The van der Waals surface area contributed by atoms with Crippen molar-refractivity contribution >= 4 is 11.8 Å². The molecule has 2 fully saturated rings. The molecule has 0 unspecified atom stereocenters. The van der Waals surface area contributed by atoms with Crippen LogP contribution in [0.15, 0.2) is 24.4 Å². The van der Waals surface area contributed by atoms with Gasteiger partial charge in [-0.15, -0.1) is 0 Å². The highest BCUT2D eigenvalue weighted by molar-refractivity contribution is 5.95. The molecule has 2 aliphatic heterocycles. The monoisotopic (exact) mass is 303 g/mol. The molecule has 22 heavy (non-hydrogen) atoms. The van der Waals surface area contributed by atoms with Crippen molar-refractivity contribution in [3.05, 3.63) is 30.1 Å². The van der Waals surface area contributed by atoms with Crippen LogP contribution in [0.1, 0.15) is 30.3 Å². The zero-order valence-corrected chi connectivity index (χ0v) is 12.8. The Kier molecular flexibility index (Phi) is 4.11. The number of likely N-dealkylation sites (N-methyl/N-ethyl adjacent to an activating group) is 1. The molecule has 2 aliphatic rings. The molecule has 0 aromatic carbocycles. The van der Waals surface area contributed by atoms with E-state index in [1.807, 2.05) is 11.8 Å². The predicted octanol–water partition coefficient (Wildman–Crippen LogP) is 0.935. The summed E-state index contributed by atoms with van der Waals surface area (Å²) in [6.45, 7) is 4.62. The SMILES string of the molecule is CCN1C(=O)CN(C(=O)c2ccccn2)CC12CCOCC2. The fraction of sp³-hybridized carbons (Fsp3) is 0.562. The molecular formula is C16H21N3O3. The van der Waals surface area contributed by atoms with E-state index >= 15 is 0 Å². The highest BCUT2D eigenvalue weighted by Crippen LogP contribution is 2.32. The smallest absolute Gasteiger partial charge is 0.272 e. The molecule has 6 nitrogen and oxygen atoms in total. The van der Waals surface area contributed by atoms with Crippen molar-refractivity contribution < 1.29 is 14.3 Å². The second kappa shape index (κ2) is 6.04. The van der Waals surface area contributed by atoms with Crippen molar-refractivity contribution in [2.45, 2.75) is 25.3 Å². The Morgan fingerprint density at radius 3 is 2.77 bits per heavy atom. The van der Waals surface area contributed by atoms with Gasteiger partial charge in [0.15, 0.2) is 0 Å². The summed E-state index contributed by atoms with van der Waals surface area (Å²) in [4.78, 5) is 32.8. The van der Waals surface area contributed by atoms with Crippen molar-refractivity contribution in [3.63, 3.8) is 0 Å². The minimum absolute atomic E-state index is 0.0138. The Bertz CT molecular complexity index is 555. The quantitative estimate of drug-likeness (QED) is 0.815. The van der Waals surface area contributed by atoms with E-state index in [0.29, 0.717) is 32.0 Å². The van der Waals surface area contributed by atoms with Gasteiger partial charge in [0.25, 0.3) is 5.91 Å². The lowest BCUT2D eigenvalue weighted by Crippen LogP contribution is -2.67. The van der Waals surface area contributed by atoms with Gasteiger partial charge in [-0.2, -0.15) is 0 Å². The van der Waals surface area contributed by atoms with Crippen LogP contribution in [0.4, 0.5) is 0 Å². The molecule has 0 aliphatic carbocycles. The molecule has 3 rings (SSSR count). The molecule has 3 heterocycles. The molecule has 2 amide bonds. The number of amides is 2. The van der Waals surface area contributed by atoms with Crippen molar-refractivity contribution in [3.8, 4) is 0 Å². The van der Waals surface area contributed by atoms with E-state index < -0.39 is 0 Å². The van der Waals surface area contributed by atoms with Crippen LogP contribution in [-0.2, 0) is 9.53 Å². The highest BCUT2D eigenvalue weighted by Gasteiger charge is 2.46. The maximum Gasteiger partial charge on any atom is 0.272 e. The van der Waals surface area contributed by atoms with E-state index in [9.17, 15) is 9.59 Å². The number of carbonyl (C=O) groups excluding carboxylic acids is 2. The molecule has 0 atom stereocenters. The third-order valence-electron chi connectivity index (χ3n) is 4.60. The van der Waals surface area contributed by atoms with Gasteiger partial charge in [0, 0.05) is 32.5 Å². The Morgan fingerprint density at radius 1 is 1.36 bits per heavy atom. The fourth-order valence-electron chi connectivity index (χ4n) is 3.50. The summed E-state index contributed by atoms with van der Waals surface area (Å²) in [5.41, 5.74) is 0.106. The Hall–Kier alpha value is -1.95. The number of aromatic nitrogens is 1. The van der Waals surface area contributed by atoms with Gasteiger partial charge in [-0.3, -0.25) is 14.6 Å². The lowest BCUT2D eigenvalue weighted by molar-refractivity contribution is -0.150. The lowest BCUT2D eigenvalue weighted by atomic mass is 9.85. The maximum absolute atomic E-state index is 12.6. The third kappa shape index (κ3) is 2.59. The number of pyridine rings is 1. The highest BCUT2D eigenvalue weighted by atomic mass is 16.5. The summed E-state index contributed by atoms with van der Waals surface area (Å²) >= 11 is 0. The number of rotatable bonds is 2. The molecule has 2 saturated heterocycles. The molecule has 1 aromatic rings. The second-order valence-electron chi connectivity index (χ2n) is 5.85. The lowest BCUT2D eigenvalue weighted by Gasteiger charge is -2.52. The third-order valence-corrected chi connectivity index (χ3v) is 4.60. The largest absolute Gasteiger partial charge is 0.381 e. The van der Waals surface area contributed by atoms with Gasteiger partial charge in [0.1, 0.15) is 12.2 Å². The summed E-state index contributed by atoms with van der Waals surface area (Å²) in [5, 5.41) is 0. The van der Waals surface area contributed by atoms with E-state index in [4.69, 9.17) is 4.74 Å².